The van der Waals surface area contributed by atoms with E-state index in [-0.39, 0.29) is 5.82 Å². The molecule has 72 valence electrons. The lowest BCUT2D eigenvalue weighted by Gasteiger charge is -2.05. The third-order valence-electron chi connectivity index (χ3n) is 2.48. The van der Waals surface area contributed by atoms with E-state index in [2.05, 4.69) is 0 Å². The first-order valence-electron chi connectivity index (χ1n) is 4.59. The van der Waals surface area contributed by atoms with Gasteiger partial charge in [0.2, 0.25) is 0 Å². The van der Waals surface area contributed by atoms with E-state index < -0.39 is 0 Å². The Balaban J connectivity index is 2.73. The number of hydrogen-bond acceptors (Lipinski definition) is 1. The van der Waals surface area contributed by atoms with Crippen molar-refractivity contribution in [3.8, 4) is 0 Å². The number of hydrogen-bond donors (Lipinski definition) is 1. The summed E-state index contributed by atoms with van der Waals surface area (Å²) in [7, 11) is 0. The predicted molar refractivity (Wildman–Crippen MR) is 56.5 cm³/mol. The maximum Gasteiger partial charge on any atom is 0.123 e. The molecule has 0 unspecified atom stereocenters. The highest BCUT2D eigenvalue weighted by atomic mass is 19.1. The Morgan fingerprint density at radius 1 is 1.14 bits per heavy atom. The summed E-state index contributed by atoms with van der Waals surface area (Å²) in [6.45, 7) is 2.52. The zero-order chi connectivity index (χ0) is 10.1. The Hall–Kier alpha value is -1.41. The minimum absolute atomic E-state index is 0.197. The molecule has 0 aromatic heterocycles. The molecule has 0 heterocycles. The van der Waals surface area contributed by atoms with Gasteiger partial charge in [-0.25, -0.2) is 4.39 Å². The fourth-order valence-electron chi connectivity index (χ4n) is 1.65. The van der Waals surface area contributed by atoms with Crippen LogP contribution in [0.15, 0.2) is 30.3 Å². The molecule has 2 N–H and O–H groups in total. The zero-order valence-corrected chi connectivity index (χ0v) is 8.05. The van der Waals surface area contributed by atoms with Crippen molar-refractivity contribution in [1.82, 2.24) is 0 Å². The third kappa shape index (κ3) is 1.49. The van der Waals surface area contributed by atoms with Gasteiger partial charge in [-0.1, -0.05) is 12.1 Å². The molecule has 2 rings (SSSR count). The van der Waals surface area contributed by atoms with Crippen LogP contribution in [0.3, 0.4) is 0 Å². The largest absolute Gasteiger partial charge is 0.326 e. The van der Waals surface area contributed by atoms with Crippen molar-refractivity contribution < 1.29 is 4.39 Å². The summed E-state index contributed by atoms with van der Waals surface area (Å²) in [4.78, 5) is 0. The van der Waals surface area contributed by atoms with E-state index in [0.29, 0.717) is 6.54 Å². The molecule has 0 radical (unpaired) electrons. The normalized spacial score (nSPS) is 10.8. The molecule has 0 aliphatic heterocycles. The highest BCUT2D eigenvalue weighted by Gasteiger charge is 2.00. The van der Waals surface area contributed by atoms with E-state index in [1.165, 1.54) is 6.07 Å². The van der Waals surface area contributed by atoms with Crippen molar-refractivity contribution in [1.29, 1.82) is 0 Å². The van der Waals surface area contributed by atoms with Crippen LogP contribution in [-0.4, -0.2) is 0 Å². The average molecular weight is 189 g/mol. The topological polar surface area (TPSA) is 26.0 Å². The summed E-state index contributed by atoms with van der Waals surface area (Å²) < 4.78 is 12.9. The lowest BCUT2D eigenvalue weighted by atomic mass is 10.0. The van der Waals surface area contributed by atoms with Crippen LogP contribution in [0.4, 0.5) is 4.39 Å². The van der Waals surface area contributed by atoms with E-state index in [1.807, 2.05) is 19.1 Å². The lowest BCUT2D eigenvalue weighted by molar-refractivity contribution is 0.629. The lowest BCUT2D eigenvalue weighted by Crippen LogP contribution is -1.98. The quantitative estimate of drug-likeness (QED) is 0.733. The Morgan fingerprint density at radius 3 is 2.64 bits per heavy atom. The van der Waals surface area contributed by atoms with E-state index >= 15 is 0 Å². The summed E-state index contributed by atoms with van der Waals surface area (Å²) in [5.74, 6) is -0.197. The predicted octanol–water partition coefficient (Wildman–Crippen LogP) is 2.75. The minimum atomic E-state index is -0.197. The summed E-state index contributed by atoms with van der Waals surface area (Å²) >= 11 is 0. The van der Waals surface area contributed by atoms with Crippen molar-refractivity contribution in [2.24, 2.45) is 5.73 Å². The molecule has 0 amide bonds. The van der Waals surface area contributed by atoms with Gasteiger partial charge in [0, 0.05) is 6.54 Å². The van der Waals surface area contributed by atoms with Crippen LogP contribution in [0.25, 0.3) is 10.8 Å². The first-order chi connectivity index (χ1) is 6.70. The van der Waals surface area contributed by atoms with Gasteiger partial charge in [-0.3, -0.25) is 0 Å². The molecule has 0 bridgehead atoms. The van der Waals surface area contributed by atoms with Gasteiger partial charge in [-0.05, 0) is 47.0 Å². The van der Waals surface area contributed by atoms with Crippen molar-refractivity contribution >= 4 is 10.8 Å². The fraction of sp³-hybridized carbons (Fsp3) is 0.167. The molecule has 0 atom stereocenters. The number of fused-ring (bicyclic) bond motifs is 1. The maximum absolute atomic E-state index is 12.9. The molecule has 0 aliphatic carbocycles. The van der Waals surface area contributed by atoms with Gasteiger partial charge in [-0.2, -0.15) is 0 Å². The maximum atomic E-state index is 12.9. The van der Waals surface area contributed by atoms with Crippen LogP contribution in [0, 0.1) is 12.7 Å². The number of nitrogens with two attached hydrogens (primary N) is 1. The first-order valence-corrected chi connectivity index (χ1v) is 4.59. The van der Waals surface area contributed by atoms with Crippen LogP contribution in [0.2, 0.25) is 0 Å². The van der Waals surface area contributed by atoms with Crippen LogP contribution in [0.5, 0.6) is 0 Å². The van der Waals surface area contributed by atoms with Gasteiger partial charge >= 0.3 is 0 Å². The van der Waals surface area contributed by atoms with E-state index in [9.17, 15) is 4.39 Å². The Morgan fingerprint density at radius 2 is 1.93 bits per heavy atom. The second kappa shape index (κ2) is 3.39. The molecule has 14 heavy (non-hydrogen) atoms. The van der Waals surface area contributed by atoms with Crippen molar-refractivity contribution in [2.45, 2.75) is 13.5 Å². The van der Waals surface area contributed by atoms with Gasteiger partial charge in [0.25, 0.3) is 0 Å². The zero-order valence-electron chi connectivity index (χ0n) is 8.05. The van der Waals surface area contributed by atoms with Crippen LogP contribution in [-0.2, 0) is 6.54 Å². The second-order valence-electron chi connectivity index (χ2n) is 3.47. The molecule has 2 aromatic carbocycles. The van der Waals surface area contributed by atoms with Gasteiger partial charge < -0.3 is 5.73 Å². The first kappa shape index (κ1) is 9.16. The van der Waals surface area contributed by atoms with Crippen LogP contribution < -0.4 is 5.73 Å². The van der Waals surface area contributed by atoms with E-state index in [1.54, 1.807) is 12.1 Å². The van der Waals surface area contributed by atoms with Crippen LogP contribution >= 0.6 is 0 Å². The molecule has 0 saturated heterocycles. The summed E-state index contributed by atoms with van der Waals surface area (Å²) in [5.41, 5.74) is 7.83. The third-order valence-corrected chi connectivity index (χ3v) is 2.48. The summed E-state index contributed by atoms with van der Waals surface area (Å²) in [6.07, 6.45) is 0. The number of halogens is 1. The average Bonchev–Trinajstić information content (AvgIpc) is 2.16. The monoisotopic (exact) mass is 189 g/mol. The second-order valence-corrected chi connectivity index (χ2v) is 3.47. The van der Waals surface area contributed by atoms with Gasteiger partial charge in [-0.15, -0.1) is 0 Å². The molecule has 2 heteroatoms. The molecule has 0 saturated carbocycles. The van der Waals surface area contributed by atoms with Crippen molar-refractivity contribution in [2.75, 3.05) is 0 Å². The van der Waals surface area contributed by atoms with Gasteiger partial charge in [0.05, 0.1) is 0 Å². The van der Waals surface area contributed by atoms with E-state index in [4.69, 9.17) is 5.73 Å². The van der Waals surface area contributed by atoms with Crippen molar-refractivity contribution in [3.05, 3.63) is 47.3 Å². The number of rotatable bonds is 1. The molecule has 0 aliphatic rings. The summed E-state index contributed by atoms with van der Waals surface area (Å²) in [5, 5.41) is 1.97. The minimum Gasteiger partial charge on any atom is -0.326 e. The van der Waals surface area contributed by atoms with Gasteiger partial charge in [0.15, 0.2) is 0 Å². The van der Waals surface area contributed by atoms with Crippen molar-refractivity contribution in [3.63, 3.8) is 0 Å². The fourth-order valence-corrected chi connectivity index (χ4v) is 1.65. The standard InChI is InChI=1S/C12H12FN/c1-8-4-10-6-12(13)3-2-9(10)5-11(8)7-14/h2-6H,7,14H2,1H3. The molecule has 1 nitrogen and oxygen atoms in total. The molecule has 0 spiro atoms. The Kier molecular flexibility index (Phi) is 2.22. The highest BCUT2D eigenvalue weighted by Crippen LogP contribution is 2.20. The smallest absolute Gasteiger partial charge is 0.123 e. The van der Waals surface area contributed by atoms with Gasteiger partial charge in [0.1, 0.15) is 5.82 Å². The molecule has 0 fully saturated rings. The SMILES string of the molecule is Cc1cc2cc(F)ccc2cc1CN. The Labute approximate surface area is 82.3 Å². The van der Waals surface area contributed by atoms with E-state index in [0.717, 1.165) is 21.9 Å². The molecular formula is C12H12FN. The summed E-state index contributed by atoms with van der Waals surface area (Å²) in [6, 6.07) is 8.79. The number of benzene rings is 2. The molecule has 2 aromatic rings. The Bertz CT molecular complexity index is 477. The highest BCUT2D eigenvalue weighted by molar-refractivity contribution is 5.84. The number of aryl methyl sites for hydroxylation is 1. The molecular weight excluding hydrogens is 177 g/mol. The van der Waals surface area contributed by atoms with Crippen LogP contribution in [0.1, 0.15) is 11.1 Å².